The number of H-pyrrole nitrogens is 1. The molecule has 0 saturated carbocycles. The van der Waals surface area contributed by atoms with Crippen molar-refractivity contribution in [3.8, 4) is 5.75 Å². The minimum Gasteiger partial charge on any atom is -0.497 e. The maximum atomic E-state index is 10.9. The van der Waals surface area contributed by atoms with Crippen LogP contribution in [0.5, 0.6) is 5.75 Å². The fraction of sp³-hybridized carbons (Fsp3) is 0.357. The number of ether oxygens (including phenoxy) is 1. The number of hydrogen-bond acceptors (Lipinski definition) is 2. The summed E-state index contributed by atoms with van der Waals surface area (Å²) >= 11 is 0. The number of aromatic amines is 1. The first-order chi connectivity index (χ1) is 8.52. The van der Waals surface area contributed by atoms with Gasteiger partial charge >= 0.3 is 5.97 Å². The zero-order valence-electron chi connectivity index (χ0n) is 10.8. The molecule has 0 aliphatic rings. The van der Waals surface area contributed by atoms with Crippen molar-refractivity contribution in [2.45, 2.75) is 20.3 Å². The van der Waals surface area contributed by atoms with Gasteiger partial charge in [0.05, 0.1) is 13.0 Å². The Bertz CT molecular complexity index is 586. The van der Waals surface area contributed by atoms with Gasteiger partial charge in [0.2, 0.25) is 0 Å². The summed E-state index contributed by atoms with van der Waals surface area (Å²) in [6.07, 6.45) is 0.512. The molecule has 1 unspecified atom stereocenters. The van der Waals surface area contributed by atoms with E-state index in [0.29, 0.717) is 6.42 Å². The molecule has 4 nitrogen and oxygen atoms in total. The number of aryl methyl sites for hydroxylation is 1. The molecular formula is C14H17NO3. The van der Waals surface area contributed by atoms with Crippen LogP contribution < -0.4 is 4.74 Å². The van der Waals surface area contributed by atoms with Crippen molar-refractivity contribution in [3.05, 3.63) is 29.5 Å². The van der Waals surface area contributed by atoms with Crippen molar-refractivity contribution in [3.63, 3.8) is 0 Å². The number of fused-ring (bicyclic) bond motifs is 1. The first-order valence-corrected chi connectivity index (χ1v) is 5.91. The van der Waals surface area contributed by atoms with Crippen LogP contribution >= 0.6 is 0 Å². The van der Waals surface area contributed by atoms with E-state index in [4.69, 9.17) is 9.84 Å². The summed E-state index contributed by atoms with van der Waals surface area (Å²) < 4.78 is 5.18. The largest absolute Gasteiger partial charge is 0.497 e. The average Bonchev–Trinajstić information content (AvgIpc) is 2.65. The van der Waals surface area contributed by atoms with Crippen molar-refractivity contribution >= 4 is 16.9 Å². The van der Waals surface area contributed by atoms with E-state index in [0.717, 1.165) is 27.9 Å². The highest BCUT2D eigenvalue weighted by molar-refractivity contribution is 5.85. The molecule has 2 N–H and O–H groups in total. The molecular weight excluding hydrogens is 230 g/mol. The molecule has 0 aliphatic heterocycles. The van der Waals surface area contributed by atoms with Crippen LogP contribution in [-0.2, 0) is 11.2 Å². The molecule has 0 bridgehead atoms. The second-order valence-corrected chi connectivity index (χ2v) is 4.58. The molecule has 96 valence electrons. The van der Waals surface area contributed by atoms with E-state index in [1.807, 2.05) is 25.1 Å². The smallest absolute Gasteiger partial charge is 0.306 e. The summed E-state index contributed by atoms with van der Waals surface area (Å²) in [5.74, 6) is -0.370. The number of benzene rings is 1. The number of rotatable bonds is 4. The lowest BCUT2D eigenvalue weighted by Gasteiger charge is -2.04. The standard InChI is InChI=1S/C14H17NO3/c1-8(14(16)17)6-12-9(2)11-5-4-10(18-3)7-13(11)15-12/h4-5,7-8,15H,6H2,1-3H3,(H,16,17). The highest BCUT2D eigenvalue weighted by Crippen LogP contribution is 2.26. The fourth-order valence-electron chi connectivity index (χ4n) is 2.10. The molecule has 0 fully saturated rings. The molecule has 0 saturated heterocycles. The van der Waals surface area contributed by atoms with Gasteiger partial charge in [0.15, 0.2) is 0 Å². The molecule has 0 amide bonds. The van der Waals surface area contributed by atoms with E-state index in [9.17, 15) is 4.79 Å². The minimum absolute atomic E-state index is 0.390. The Morgan fingerprint density at radius 2 is 2.22 bits per heavy atom. The Hall–Kier alpha value is -1.97. The quantitative estimate of drug-likeness (QED) is 0.873. The van der Waals surface area contributed by atoms with E-state index in [1.54, 1.807) is 14.0 Å². The van der Waals surface area contributed by atoms with Crippen molar-refractivity contribution in [2.24, 2.45) is 5.92 Å². The van der Waals surface area contributed by atoms with Gasteiger partial charge in [0.25, 0.3) is 0 Å². The Labute approximate surface area is 106 Å². The summed E-state index contributed by atoms with van der Waals surface area (Å²) in [6.45, 7) is 3.73. The van der Waals surface area contributed by atoms with Crippen LogP contribution in [0.15, 0.2) is 18.2 Å². The lowest BCUT2D eigenvalue weighted by Crippen LogP contribution is -2.12. The van der Waals surface area contributed by atoms with Gasteiger partial charge in [0.1, 0.15) is 5.75 Å². The van der Waals surface area contributed by atoms with Crippen LogP contribution in [0.3, 0.4) is 0 Å². The first kappa shape index (κ1) is 12.5. The summed E-state index contributed by atoms with van der Waals surface area (Å²) in [4.78, 5) is 14.2. The van der Waals surface area contributed by atoms with E-state index >= 15 is 0 Å². The van der Waals surface area contributed by atoms with Crippen LogP contribution in [0.25, 0.3) is 10.9 Å². The average molecular weight is 247 g/mol. The number of hydrogen-bond donors (Lipinski definition) is 2. The molecule has 0 radical (unpaired) electrons. The molecule has 1 aromatic heterocycles. The highest BCUT2D eigenvalue weighted by atomic mass is 16.5. The van der Waals surface area contributed by atoms with Gasteiger partial charge < -0.3 is 14.8 Å². The molecule has 4 heteroatoms. The van der Waals surface area contributed by atoms with Gasteiger partial charge in [-0.25, -0.2) is 0 Å². The normalized spacial score (nSPS) is 12.6. The number of aromatic nitrogens is 1. The number of nitrogens with one attached hydrogen (secondary N) is 1. The Balaban J connectivity index is 2.40. The molecule has 2 rings (SSSR count). The third kappa shape index (κ3) is 2.18. The van der Waals surface area contributed by atoms with Gasteiger partial charge in [0, 0.05) is 29.1 Å². The maximum absolute atomic E-state index is 10.9. The molecule has 0 spiro atoms. The minimum atomic E-state index is -0.773. The van der Waals surface area contributed by atoms with E-state index in [2.05, 4.69) is 4.98 Å². The van der Waals surface area contributed by atoms with Crippen molar-refractivity contribution in [1.29, 1.82) is 0 Å². The van der Waals surface area contributed by atoms with Crippen molar-refractivity contribution in [1.82, 2.24) is 4.98 Å². The number of carboxylic acid groups (broad SMARTS) is 1. The van der Waals surface area contributed by atoms with Gasteiger partial charge in [-0.2, -0.15) is 0 Å². The van der Waals surface area contributed by atoms with Gasteiger partial charge in [-0.3, -0.25) is 4.79 Å². The molecule has 1 atom stereocenters. The van der Waals surface area contributed by atoms with Crippen LogP contribution in [0.1, 0.15) is 18.2 Å². The Morgan fingerprint density at radius 3 is 2.83 bits per heavy atom. The number of carbonyl (C=O) groups is 1. The third-order valence-electron chi connectivity index (χ3n) is 3.30. The second-order valence-electron chi connectivity index (χ2n) is 4.58. The zero-order chi connectivity index (χ0) is 13.3. The lowest BCUT2D eigenvalue weighted by molar-refractivity contribution is -0.141. The lowest BCUT2D eigenvalue weighted by atomic mass is 10.0. The Kier molecular flexibility index (Phi) is 3.28. The van der Waals surface area contributed by atoms with Crippen LogP contribution in [0, 0.1) is 12.8 Å². The first-order valence-electron chi connectivity index (χ1n) is 5.91. The van der Waals surface area contributed by atoms with Gasteiger partial charge in [-0.05, 0) is 24.6 Å². The fourth-order valence-corrected chi connectivity index (χ4v) is 2.10. The van der Waals surface area contributed by atoms with E-state index in [1.165, 1.54) is 0 Å². The van der Waals surface area contributed by atoms with E-state index < -0.39 is 11.9 Å². The van der Waals surface area contributed by atoms with Gasteiger partial charge in [-0.1, -0.05) is 6.92 Å². The zero-order valence-corrected chi connectivity index (χ0v) is 10.8. The summed E-state index contributed by atoms with van der Waals surface area (Å²) in [6, 6.07) is 5.83. The second kappa shape index (κ2) is 4.72. The number of aliphatic carboxylic acids is 1. The molecule has 1 aromatic carbocycles. The number of carboxylic acids is 1. The summed E-state index contributed by atoms with van der Waals surface area (Å²) in [5, 5.41) is 10.1. The third-order valence-corrected chi connectivity index (χ3v) is 3.30. The monoisotopic (exact) mass is 247 g/mol. The number of methoxy groups -OCH3 is 1. The van der Waals surface area contributed by atoms with Crippen LogP contribution in [0.2, 0.25) is 0 Å². The van der Waals surface area contributed by atoms with Gasteiger partial charge in [-0.15, -0.1) is 0 Å². The van der Waals surface area contributed by atoms with Crippen LogP contribution in [0.4, 0.5) is 0 Å². The maximum Gasteiger partial charge on any atom is 0.306 e. The van der Waals surface area contributed by atoms with Crippen molar-refractivity contribution < 1.29 is 14.6 Å². The van der Waals surface area contributed by atoms with Crippen molar-refractivity contribution in [2.75, 3.05) is 7.11 Å². The SMILES string of the molecule is COc1ccc2c(C)c(CC(C)C(=O)O)[nH]c2c1. The predicted octanol–water partition coefficient (Wildman–Crippen LogP) is 2.75. The molecule has 18 heavy (non-hydrogen) atoms. The van der Waals surface area contributed by atoms with Crippen LogP contribution in [-0.4, -0.2) is 23.2 Å². The highest BCUT2D eigenvalue weighted by Gasteiger charge is 2.16. The molecule has 1 heterocycles. The molecule has 0 aliphatic carbocycles. The predicted molar refractivity (Wildman–Crippen MR) is 70.1 cm³/mol. The Morgan fingerprint density at radius 1 is 1.50 bits per heavy atom. The topological polar surface area (TPSA) is 62.3 Å². The summed E-state index contributed by atoms with van der Waals surface area (Å²) in [7, 11) is 1.63. The molecule has 2 aromatic rings. The van der Waals surface area contributed by atoms with E-state index in [-0.39, 0.29) is 0 Å². The summed E-state index contributed by atoms with van der Waals surface area (Å²) in [5.41, 5.74) is 3.08.